The van der Waals surface area contributed by atoms with E-state index in [1.807, 2.05) is 13.8 Å². The summed E-state index contributed by atoms with van der Waals surface area (Å²) in [5.74, 6) is -0.438. The second kappa shape index (κ2) is 7.09. The van der Waals surface area contributed by atoms with Crippen molar-refractivity contribution in [3.05, 3.63) is 0 Å². The zero-order valence-electron chi connectivity index (χ0n) is 10.0. The van der Waals surface area contributed by atoms with Crippen molar-refractivity contribution in [2.45, 2.75) is 46.6 Å². The van der Waals surface area contributed by atoms with Gasteiger partial charge in [0.05, 0.1) is 0 Å². The number of carbonyl (C=O) groups excluding carboxylic acids is 1. The van der Waals surface area contributed by atoms with Crippen molar-refractivity contribution >= 4 is 12.1 Å². The van der Waals surface area contributed by atoms with Crippen LogP contribution in [-0.2, 0) is 9.53 Å². The van der Waals surface area contributed by atoms with Crippen molar-refractivity contribution in [1.29, 1.82) is 0 Å². The number of carbonyl (C=O) groups is 2. The number of carboxylic acid groups (broad SMARTS) is 1. The topological polar surface area (TPSA) is 89.6 Å². The maximum Gasteiger partial charge on any atom is 0.405 e. The van der Waals surface area contributed by atoms with Crippen LogP contribution in [-0.4, -0.2) is 22.8 Å². The molecule has 0 spiro atoms. The van der Waals surface area contributed by atoms with E-state index in [-0.39, 0.29) is 12.3 Å². The van der Waals surface area contributed by atoms with Crippen LogP contribution in [0.1, 0.15) is 41.0 Å². The normalized spacial score (nSPS) is 10.3. The SMILES string of the molecule is CC(C)(C)OC(N)=O.CC(C)CC(=O)O. The number of primary amides is 1. The van der Waals surface area contributed by atoms with Gasteiger partial charge in [0.1, 0.15) is 5.60 Å². The Morgan fingerprint density at radius 3 is 1.73 bits per heavy atom. The van der Waals surface area contributed by atoms with Gasteiger partial charge in [-0.15, -0.1) is 0 Å². The third kappa shape index (κ3) is 24.5. The number of nitrogens with two attached hydrogens (primary N) is 1. The van der Waals surface area contributed by atoms with Crippen LogP contribution in [0.2, 0.25) is 0 Å². The molecule has 15 heavy (non-hydrogen) atoms. The molecule has 0 aromatic heterocycles. The molecule has 0 aromatic carbocycles. The quantitative estimate of drug-likeness (QED) is 0.743. The van der Waals surface area contributed by atoms with Crippen LogP contribution in [0.5, 0.6) is 0 Å². The van der Waals surface area contributed by atoms with Gasteiger partial charge in [0, 0.05) is 6.42 Å². The molecule has 1 amide bonds. The van der Waals surface area contributed by atoms with Gasteiger partial charge in [-0.05, 0) is 26.7 Å². The number of hydrogen-bond donors (Lipinski definition) is 2. The Morgan fingerprint density at radius 2 is 1.73 bits per heavy atom. The van der Waals surface area contributed by atoms with Gasteiger partial charge in [-0.2, -0.15) is 0 Å². The number of ether oxygens (including phenoxy) is 1. The lowest BCUT2D eigenvalue weighted by atomic mass is 10.1. The van der Waals surface area contributed by atoms with Crippen molar-refractivity contribution in [3.8, 4) is 0 Å². The summed E-state index contributed by atoms with van der Waals surface area (Å²) < 4.78 is 4.58. The highest BCUT2D eigenvalue weighted by atomic mass is 16.6. The van der Waals surface area contributed by atoms with Gasteiger partial charge >= 0.3 is 12.1 Å². The molecule has 0 aliphatic rings. The zero-order chi connectivity index (χ0) is 12.6. The molecule has 0 fully saturated rings. The molecule has 0 heterocycles. The molecule has 0 saturated heterocycles. The van der Waals surface area contributed by atoms with E-state index in [1.54, 1.807) is 20.8 Å². The van der Waals surface area contributed by atoms with E-state index in [0.717, 1.165) is 0 Å². The van der Waals surface area contributed by atoms with Crippen LogP contribution in [0.4, 0.5) is 4.79 Å². The molecule has 0 radical (unpaired) electrons. The maximum absolute atomic E-state index is 10.0. The number of amides is 1. The molecule has 5 heteroatoms. The van der Waals surface area contributed by atoms with Gasteiger partial charge in [-0.3, -0.25) is 4.79 Å². The van der Waals surface area contributed by atoms with Gasteiger partial charge in [-0.1, -0.05) is 13.8 Å². The van der Waals surface area contributed by atoms with Crippen LogP contribution in [0, 0.1) is 5.92 Å². The molecule has 0 rings (SSSR count). The standard InChI is InChI=1S/C5H11NO2.C5H10O2/c1-5(2,3)8-4(6)7;1-4(2)3-5(6)7/h1-3H3,(H2,6,7);4H,3H2,1-2H3,(H,6,7). The van der Waals surface area contributed by atoms with E-state index in [9.17, 15) is 9.59 Å². The Hall–Kier alpha value is -1.26. The Balaban J connectivity index is 0. The summed E-state index contributed by atoms with van der Waals surface area (Å²) in [5.41, 5.74) is 4.26. The van der Waals surface area contributed by atoms with E-state index in [2.05, 4.69) is 4.74 Å². The summed E-state index contributed by atoms with van der Waals surface area (Å²) >= 11 is 0. The molecule has 0 bridgehead atoms. The summed E-state index contributed by atoms with van der Waals surface area (Å²) in [6.45, 7) is 9.05. The van der Waals surface area contributed by atoms with Crippen molar-refractivity contribution < 1.29 is 19.4 Å². The van der Waals surface area contributed by atoms with Crippen LogP contribution in [0.3, 0.4) is 0 Å². The maximum atomic E-state index is 10.0. The van der Waals surface area contributed by atoms with Crippen molar-refractivity contribution in [3.63, 3.8) is 0 Å². The van der Waals surface area contributed by atoms with Gasteiger partial charge in [0.25, 0.3) is 0 Å². The Labute approximate surface area is 90.6 Å². The molecule has 0 aliphatic carbocycles. The minimum atomic E-state index is -0.725. The van der Waals surface area contributed by atoms with E-state index in [0.29, 0.717) is 0 Å². The Bertz CT molecular complexity index is 206. The lowest BCUT2D eigenvalue weighted by molar-refractivity contribution is -0.137. The van der Waals surface area contributed by atoms with Gasteiger partial charge in [0.2, 0.25) is 0 Å². The smallest absolute Gasteiger partial charge is 0.405 e. The largest absolute Gasteiger partial charge is 0.481 e. The van der Waals surface area contributed by atoms with Crippen LogP contribution in [0.15, 0.2) is 0 Å². The molecule has 5 nitrogen and oxygen atoms in total. The number of hydrogen-bond acceptors (Lipinski definition) is 3. The van der Waals surface area contributed by atoms with Crippen molar-refractivity contribution in [1.82, 2.24) is 0 Å². The predicted molar refractivity (Wildman–Crippen MR) is 57.5 cm³/mol. The van der Waals surface area contributed by atoms with E-state index in [4.69, 9.17) is 10.8 Å². The van der Waals surface area contributed by atoms with Crippen molar-refractivity contribution in [2.24, 2.45) is 11.7 Å². The first-order valence-corrected chi connectivity index (χ1v) is 4.75. The molecular weight excluding hydrogens is 198 g/mol. The number of aliphatic carboxylic acids is 1. The highest BCUT2D eigenvalue weighted by Gasteiger charge is 2.12. The molecule has 0 saturated carbocycles. The first-order valence-electron chi connectivity index (χ1n) is 4.75. The lowest BCUT2D eigenvalue weighted by Crippen LogP contribution is -2.27. The van der Waals surface area contributed by atoms with Gasteiger partial charge < -0.3 is 15.6 Å². The second-order valence-electron chi connectivity index (χ2n) is 4.53. The zero-order valence-corrected chi connectivity index (χ0v) is 10.0. The lowest BCUT2D eigenvalue weighted by Gasteiger charge is -2.16. The fraction of sp³-hybridized carbons (Fsp3) is 0.800. The first kappa shape index (κ1) is 16.2. The van der Waals surface area contributed by atoms with E-state index >= 15 is 0 Å². The summed E-state index contributed by atoms with van der Waals surface area (Å²) in [7, 11) is 0. The van der Waals surface area contributed by atoms with E-state index < -0.39 is 17.7 Å². The average molecular weight is 219 g/mol. The Morgan fingerprint density at radius 1 is 1.33 bits per heavy atom. The van der Waals surface area contributed by atoms with Crippen LogP contribution in [0.25, 0.3) is 0 Å². The molecular formula is C10H21NO4. The van der Waals surface area contributed by atoms with Crippen LogP contribution >= 0.6 is 0 Å². The fourth-order valence-electron chi connectivity index (χ4n) is 0.651. The van der Waals surface area contributed by atoms with Crippen LogP contribution < -0.4 is 5.73 Å². The summed E-state index contributed by atoms with van der Waals surface area (Å²) in [5, 5.41) is 8.08. The van der Waals surface area contributed by atoms with E-state index in [1.165, 1.54) is 0 Å². The number of carboxylic acids is 1. The fourth-order valence-corrected chi connectivity index (χ4v) is 0.651. The minimum absolute atomic E-state index is 0.275. The van der Waals surface area contributed by atoms with Gasteiger partial charge in [-0.25, -0.2) is 4.79 Å². The minimum Gasteiger partial charge on any atom is -0.481 e. The molecule has 0 unspecified atom stereocenters. The molecule has 3 N–H and O–H groups in total. The van der Waals surface area contributed by atoms with Gasteiger partial charge in [0.15, 0.2) is 0 Å². The molecule has 0 atom stereocenters. The molecule has 0 aromatic rings. The summed E-state index contributed by atoms with van der Waals surface area (Å²) in [6, 6.07) is 0. The monoisotopic (exact) mass is 219 g/mol. The highest BCUT2D eigenvalue weighted by Crippen LogP contribution is 2.04. The van der Waals surface area contributed by atoms with Crippen molar-refractivity contribution in [2.75, 3.05) is 0 Å². The number of rotatable bonds is 2. The first-order chi connectivity index (χ1) is 6.54. The molecule has 90 valence electrons. The molecule has 0 aliphatic heterocycles. The third-order valence-electron chi connectivity index (χ3n) is 0.990. The Kier molecular flexibility index (Phi) is 7.65. The summed E-state index contributed by atoms with van der Waals surface area (Å²) in [4.78, 5) is 19.8. The highest BCUT2D eigenvalue weighted by molar-refractivity contribution is 5.66. The second-order valence-corrected chi connectivity index (χ2v) is 4.53. The predicted octanol–water partition coefficient (Wildman–Crippen LogP) is 2.00. The average Bonchev–Trinajstić information content (AvgIpc) is 1.76. The summed E-state index contributed by atoms with van der Waals surface area (Å²) in [6.07, 6.45) is -0.447. The third-order valence-corrected chi connectivity index (χ3v) is 0.990.